The van der Waals surface area contributed by atoms with Gasteiger partial charge in [-0.15, -0.1) is 0 Å². The number of esters is 1. The minimum absolute atomic E-state index is 0.201. The molecule has 1 rings (SSSR count). The Bertz CT molecular complexity index is 660. The van der Waals surface area contributed by atoms with Crippen LogP contribution in [0.25, 0.3) is 0 Å². The van der Waals surface area contributed by atoms with E-state index >= 15 is 0 Å². The first-order valence-corrected chi connectivity index (χ1v) is 7.91. The van der Waals surface area contributed by atoms with Crippen LogP contribution in [0.4, 0.5) is 11.4 Å². The summed E-state index contributed by atoms with van der Waals surface area (Å²) in [7, 11) is -2.91. The summed E-state index contributed by atoms with van der Waals surface area (Å²) in [6.07, 6.45) is 0. The van der Waals surface area contributed by atoms with E-state index in [2.05, 4.69) is 10.1 Å². The van der Waals surface area contributed by atoms with Crippen molar-refractivity contribution in [1.82, 2.24) is 0 Å². The molecule has 1 unspecified atom stereocenters. The van der Waals surface area contributed by atoms with Crippen molar-refractivity contribution in [1.29, 1.82) is 0 Å². The average Bonchev–Trinajstić information content (AvgIpc) is 2.41. The zero-order valence-corrected chi connectivity index (χ0v) is 13.0. The topological polar surface area (TPSA) is 116 Å². The first-order valence-electron chi connectivity index (χ1n) is 5.81. The van der Waals surface area contributed by atoms with Gasteiger partial charge >= 0.3 is 5.97 Å². The van der Waals surface area contributed by atoms with Crippen LogP contribution in [0.5, 0.6) is 0 Å². The number of hydrogen-bond donors (Lipinski definition) is 2. The highest BCUT2D eigenvalue weighted by molar-refractivity contribution is 7.93. The average molecular weight is 335 g/mol. The Kier molecular flexibility index (Phi) is 5.56. The fourth-order valence-electron chi connectivity index (χ4n) is 1.38. The molecule has 9 heteroatoms. The van der Waals surface area contributed by atoms with Crippen molar-refractivity contribution in [3.8, 4) is 0 Å². The van der Waals surface area contributed by atoms with E-state index in [1.807, 2.05) is 0 Å². The molecule has 0 bridgehead atoms. The Morgan fingerprint density at radius 3 is 2.62 bits per heavy atom. The lowest BCUT2D eigenvalue weighted by Gasteiger charge is -2.14. The molecule has 7 nitrogen and oxygen atoms in total. The second-order valence-electron chi connectivity index (χ2n) is 4.25. The van der Waals surface area contributed by atoms with Gasteiger partial charge in [0.2, 0.25) is 5.91 Å². The van der Waals surface area contributed by atoms with E-state index in [1.165, 1.54) is 25.1 Å². The van der Waals surface area contributed by atoms with E-state index in [4.69, 9.17) is 17.3 Å². The standard InChI is InChI=1S/C12H15ClN2O5S/c1-7(21(18,19)6-11(16)20-2)12(17)15-10-5-8(13)3-4-9(10)14/h3-5,7H,6,14H2,1-2H3,(H,15,17). The molecule has 0 saturated heterocycles. The van der Waals surface area contributed by atoms with Gasteiger partial charge < -0.3 is 15.8 Å². The molecule has 0 saturated carbocycles. The van der Waals surface area contributed by atoms with Crippen LogP contribution in [0.15, 0.2) is 18.2 Å². The molecular weight excluding hydrogens is 320 g/mol. The molecule has 0 aromatic heterocycles. The number of ether oxygens (including phenoxy) is 1. The maximum absolute atomic E-state index is 12.0. The normalized spacial score (nSPS) is 12.5. The molecule has 1 aromatic rings. The third-order valence-electron chi connectivity index (χ3n) is 2.73. The van der Waals surface area contributed by atoms with Gasteiger partial charge in [-0.1, -0.05) is 11.6 Å². The number of benzene rings is 1. The van der Waals surface area contributed by atoms with Crippen LogP contribution in [0, 0.1) is 0 Å². The molecule has 21 heavy (non-hydrogen) atoms. The molecular formula is C12H15ClN2O5S. The van der Waals surface area contributed by atoms with Crippen molar-refractivity contribution in [2.45, 2.75) is 12.2 Å². The van der Waals surface area contributed by atoms with Gasteiger partial charge in [-0.2, -0.15) is 0 Å². The summed E-state index contributed by atoms with van der Waals surface area (Å²) in [5.41, 5.74) is 6.09. The zero-order chi connectivity index (χ0) is 16.2. The predicted molar refractivity (Wildman–Crippen MR) is 79.8 cm³/mol. The smallest absolute Gasteiger partial charge is 0.320 e. The molecule has 116 valence electrons. The van der Waals surface area contributed by atoms with Crippen molar-refractivity contribution in [3.63, 3.8) is 0 Å². The Hall–Kier alpha value is -1.80. The molecule has 0 aliphatic rings. The monoisotopic (exact) mass is 334 g/mol. The van der Waals surface area contributed by atoms with Crippen LogP contribution < -0.4 is 11.1 Å². The lowest BCUT2D eigenvalue weighted by atomic mass is 10.2. The van der Waals surface area contributed by atoms with Crippen molar-refractivity contribution in [2.24, 2.45) is 0 Å². The van der Waals surface area contributed by atoms with Crippen molar-refractivity contribution in [3.05, 3.63) is 23.2 Å². The van der Waals surface area contributed by atoms with E-state index in [1.54, 1.807) is 0 Å². The summed E-state index contributed by atoms with van der Waals surface area (Å²) in [4.78, 5) is 23.0. The first kappa shape index (κ1) is 17.3. The Balaban J connectivity index is 2.88. The third-order valence-corrected chi connectivity index (χ3v) is 4.89. The minimum atomic E-state index is -3.97. The SMILES string of the molecule is COC(=O)CS(=O)(=O)C(C)C(=O)Nc1cc(Cl)ccc1N. The van der Waals surface area contributed by atoms with E-state index in [-0.39, 0.29) is 11.4 Å². The summed E-state index contributed by atoms with van der Waals surface area (Å²) in [6.45, 7) is 1.17. The second kappa shape index (κ2) is 6.77. The maximum atomic E-state index is 12.0. The molecule has 0 spiro atoms. The second-order valence-corrected chi connectivity index (χ2v) is 7.00. The quantitative estimate of drug-likeness (QED) is 0.609. The number of nitrogens with one attached hydrogen (secondary N) is 1. The van der Waals surface area contributed by atoms with Crippen LogP contribution in [0.2, 0.25) is 5.02 Å². The van der Waals surface area contributed by atoms with Crippen molar-refractivity contribution in [2.75, 3.05) is 23.9 Å². The van der Waals surface area contributed by atoms with Gasteiger partial charge in [0.15, 0.2) is 9.84 Å². The number of anilines is 2. The summed E-state index contributed by atoms with van der Waals surface area (Å²) in [5, 5.41) is 1.27. The van der Waals surface area contributed by atoms with Crippen molar-refractivity contribution < 1.29 is 22.7 Å². The van der Waals surface area contributed by atoms with Crippen LogP contribution >= 0.6 is 11.6 Å². The number of methoxy groups -OCH3 is 1. The minimum Gasteiger partial charge on any atom is -0.468 e. The van der Waals surface area contributed by atoms with Gasteiger partial charge in [0.05, 0.1) is 18.5 Å². The first-order chi connectivity index (χ1) is 9.67. The summed E-state index contributed by atoms with van der Waals surface area (Å²) >= 11 is 5.77. The van der Waals surface area contributed by atoms with Crippen LogP contribution in [0.1, 0.15) is 6.92 Å². The van der Waals surface area contributed by atoms with Gasteiger partial charge in [0.1, 0.15) is 11.0 Å². The number of amides is 1. The predicted octanol–water partition coefficient (Wildman–Crippen LogP) is 0.837. The molecule has 0 radical (unpaired) electrons. The summed E-state index contributed by atoms with van der Waals surface area (Å²) < 4.78 is 28.0. The van der Waals surface area contributed by atoms with Crippen LogP contribution in [0.3, 0.4) is 0 Å². The number of sulfone groups is 1. The lowest BCUT2D eigenvalue weighted by molar-refractivity contribution is -0.137. The maximum Gasteiger partial charge on any atom is 0.320 e. The molecule has 0 aliphatic carbocycles. The number of carbonyl (C=O) groups is 2. The lowest BCUT2D eigenvalue weighted by Crippen LogP contribution is -2.36. The van der Waals surface area contributed by atoms with Gasteiger partial charge in [-0.25, -0.2) is 8.42 Å². The number of rotatable bonds is 5. The van der Waals surface area contributed by atoms with E-state index in [9.17, 15) is 18.0 Å². The number of carbonyl (C=O) groups excluding carboxylic acids is 2. The molecule has 1 aromatic carbocycles. The van der Waals surface area contributed by atoms with E-state index in [0.717, 1.165) is 7.11 Å². The number of hydrogen-bond acceptors (Lipinski definition) is 6. The number of nitrogen functional groups attached to an aromatic ring is 1. The Morgan fingerprint density at radius 1 is 1.43 bits per heavy atom. The van der Waals surface area contributed by atoms with Crippen molar-refractivity contribution >= 4 is 44.7 Å². The number of halogens is 1. The molecule has 0 aliphatic heterocycles. The van der Waals surface area contributed by atoms with Gasteiger partial charge in [-0.3, -0.25) is 9.59 Å². The van der Waals surface area contributed by atoms with Gasteiger partial charge in [0.25, 0.3) is 0 Å². The summed E-state index contributed by atoms with van der Waals surface area (Å²) in [5.74, 6) is -2.62. The highest BCUT2D eigenvalue weighted by Gasteiger charge is 2.31. The van der Waals surface area contributed by atoms with Gasteiger partial charge in [-0.05, 0) is 25.1 Å². The highest BCUT2D eigenvalue weighted by Crippen LogP contribution is 2.23. The molecule has 1 atom stereocenters. The van der Waals surface area contributed by atoms with Crippen LogP contribution in [-0.4, -0.2) is 38.4 Å². The molecule has 3 N–H and O–H groups in total. The Morgan fingerprint density at radius 2 is 2.05 bits per heavy atom. The van der Waals surface area contributed by atoms with E-state index < -0.39 is 32.7 Å². The molecule has 0 fully saturated rings. The highest BCUT2D eigenvalue weighted by atomic mass is 35.5. The van der Waals surface area contributed by atoms with E-state index in [0.29, 0.717) is 5.02 Å². The number of nitrogens with two attached hydrogens (primary N) is 1. The molecule has 1 amide bonds. The third kappa shape index (κ3) is 4.61. The fourth-order valence-corrected chi connectivity index (χ4v) is 2.64. The van der Waals surface area contributed by atoms with Gasteiger partial charge in [0, 0.05) is 5.02 Å². The molecule has 0 heterocycles. The Labute approximate surface area is 127 Å². The largest absolute Gasteiger partial charge is 0.468 e. The summed E-state index contributed by atoms with van der Waals surface area (Å²) in [6, 6.07) is 4.41. The van der Waals surface area contributed by atoms with Crippen LogP contribution in [-0.2, 0) is 24.2 Å². The fraction of sp³-hybridized carbons (Fsp3) is 0.333. The zero-order valence-electron chi connectivity index (χ0n) is 11.4.